The maximum Gasteiger partial charge on any atom is 0.303 e. The van der Waals surface area contributed by atoms with Gasteiger partial charge in [0.15, 0.2) is 0 Å². The fourth-order valence-electron chi connectivity index (χ4n) is 2.30. The fourth-order valence-corrected chi connectivity index (χ4v) is 3.54. The van der Waals surface area contributed by atoms with Crippen molar-refractivity contribution in [3.05, 3.63) is 21.4 Å². The van der Waals surface area contributed by atoms with E-state index in [2.05, 4.69) is 19.9 Å². The molecule has 2 nitrogen and oxygen atoms in total. The van der Waals surface area contributed by atoms with Crippen LogP contribution in [0, 0.1) is 12.8 Å². The van der Waals surface area contributed by atoms with Crippen LogP contribution in [0.3, 0.4) is 0 Å². The summed E-state index contributed by atoms with van der Waals surface area (Å²) in [6, 6.07) is 2.16. The van der Waals surface area contributed by atoms with Gasteiger partial charge in [-0.2, -0.15) is 0 Å². The molecule has 0 saturated carbocycles. The van der Waals surface area contributed by atoms with Crippen molar-refractivity contribution in [1.82, 2.24) is 0 Å². The summed E-state index contributed by atoms with van der Waals surface area (Å²) in [7, 11) is 0. The van der Waals surface area contributed by atoms with E-state index in [-0.39, 0.29) is 12.3 Å². The van der Waals surface area contributed by atoms with Gasteiger partial charge in [-0.15, -0.1) is 11.3 Å². The summed E-state index contributed by atoms with van der Waals surface area (Å²) >= 11 is 1.82. The Morgan fingerprint density at radius 3 is 3.07 bits per heavy atom. The lowest BCUT2D eigenvalue weighted by molar-refractivity contribution is -0.137. The van der Waals surface area contributed by atoms with Crippen molar-refractivity contribution in [3.8, 4) is 0 Å². The third kappa shape index (κ3) is 1.57. The zero-order valence-corrected chi connectivity index (χ0v) is 9.23. The zero-order valence-electron chi connectivity index (χ0n) is 8.41. The van der Waals surface area contributed by atoms with Crippen molar-refractivity contribution >= 4 is 17.3 Å². The Kier molecular flexibility index (Phi) is 2.35. The number of fused-ring (bicyclic) bond motifs is 1. The van der Waals surface area contributed by atoms with Crippen LogP contribution in [0.4, 0.5) is 0 Å². The molecule has 0 bridgehead atoms. The van der Waals surface area contributed by atoms with Crippen molar-refractivity contribution in [2.75, 3.05) is 0 Å². The highest BCUT2D eigenvalue weighted by atomic mass is 32.1. The standard InChI is InChI=1S/C11H14O2S/c1-6-3-10-9(4-7(2)14-10)8(6)5-11(12)13/h4,6,8H,3,5H2,1-2H3,(H,12,13). The molecule has 0 saturated heterocycles. The van der Waals surface area contributed by atoms with Gasteiger partial charge in [0.1, 0.15) is 0 Å². The van der Waals surface area contributed by atoms with Crippen LogP contribution in [0.25, 0.3) is 0 Å². The van der Waals surface area contributed by atoms with Crippen LogP contribution in [0.15, 0.2) is 6.07 Å². The van der Waals surface area contributed by atoms with Crippen molar-refractivity contribution < 1.29 is 9.90 Å². The Morgan fingerprint density at radius 1 is 1.71 bits per heavy atom. The molecule has 1 heterocycles. The number of carbonyl (C=O) groups is 1. The molecule has 0 aliphatic heterocycles. The van der Waals surface area contributed by atoms with Gasteiger partial charge in [-0.05, 0) is 36.8 Å². The van der Waals surface area contributed by atoms with E-state index in [4.69, 9.17) is 5.11 Å². The van der Waals surface area contributed by atoms with E-state index in [0.717, 1.165) is 6.42 Å². The first kappa shape index (κ1) is 9.71. The first-order valence-corrected chi connectivity index (χ1v) is 5.70. The molecule has 76 valence electrons. The number of rotatable bonds is 2. The first-order valence-electron chi connectivity index (χ1n) is 4.89. The number of thiophene rings is 1. The maximum absolute atomic E-state index is 10.7. The van der Waals surface area contributed by atoms with Crippen LogP contribution >= 0.6 is 11.3 Å². The zero-order chi connectivity index (χ0) is 10.3. The van der Waals surface area contributed by atoms with E-state index in [1.165, 1.54) is 15.3 Å². The average molecular weight is 210 g/mol. The topological polar surface area (TPSA) is 37.3 Å². The Bertz CT molecular complexity index is 367. The molecule has 3 heteroatoms. The van der Waals surface area contributed by atoms with E-state index < -0.39 is 5.97 Å². The summed E-state index contributed by atoms with van der Waals surface area (Å²) in [4.78, 5) is 13.4. The number of aryl methyl sites for hydroxylation is 1. The van der Waals surface area contributed by atoms with Gasteiger partial charge in [0, 0.05) is 9.75 Å². The van der Waals surface area contributed by atoms with Crippen LogP contribution in [0.1, 0.15) is 34.6 Å². The number of hydrogen-bond acceptors (Lipinski definition) is 2. The fraction of sp³-hybridized carbons (Fsp3) is 0.545. The Hall–Kier alpha value is -0.830. The summed E-state index contributed by atoms with van der Waals surface area (Å²) in [5.41, 5.74) is 1.29. The van der Waals surface area contributed by atoms with Gasteiger partial charge in [-0.25, -0.2) is 0 Å². The highest BCUT2D eigenvalue weighted by Gasteiger charge is 2.32. The quantitative estimate of drug-likeness (QED) is 0.815. The number of aliphatic carboxylic acids is 1. The van der Waals surface area contributed by atoms with Crippen LogP contribution in [0.2, 0.25) is 0 Å². The van der Waals surface area contributed by atoms with E-state index in [1.54, 1.807) is 0 Å². The molecule has 0 spiro atoms. The van der Waals surface area contributed by atoms with Gasteiger partial charge >= 0.3 is 5.97 Å². The van der Waals surface area contributed by atoms with Crippen molar-refractivity contribution in [2.24, 2.45) is 5.92 Å². The highest BCUT2D eigenvalue weighted by molar-refractivity contribution is 7.12. The molecule has 1 N–H and O–H groups in total. The highest BCUT2D eigenvalue weighted by Crippen LogP contribution is 2.43. The lowest BCUT2D eigenvalue weighted by Gasteiger charge is -2.13. The van der Waals surface area contributed by atoms with Crippen molar-refractivity contribution in [1.29, 1.82) is 0 Å². The van der Waals surface area contributed by atoms with E-state index >= 15 is 0 Å². The summed E-state index contributed by atoms with van der Waals surface area (Å²) < 4.78 is 0. The van der Waals surface area contributed by atoms with Crippen LogP contribution in [-0.2, 0) is 11.2 Å². The van der Waals surface area contributed by atoms with E-state index in [1.807, 2.05) is 11.3 Å². The smallest absolute Gasteiger partial charge is 0.303 e. The molecule has 1 aliphatic carbocycles. The molecule has 0 amide bonds. The van der Waals surface area contributed by atoms with E-state index in [0.29, 0.717) is 5.92 Å². The molecular formula is C11H14O2S. The summed E-state index contributed by atoms with van der Waals surface area (Å²) in [5.74, 6) is 0.0546. The molecule has 0 radical (unpaired) electrons. The van der Waals surface area contributed by atoms with E-state index in [9.17, 15) is 4.79 Å². The minimum Gasteiger partial charge on any atom is -0.481 e. The third-order valence-electron chi connectivity index (χ3n) is 2.95. The lowest BCUT2D eigenvalue weighted by Crippen LogP contribution is -2.09. The van der Waals surface area contributed by atoms with Crippen molar-refractivity contribution in [3.63, 3.8) is 0 Å². The molecule has 2 atom stereocenters. The number of hydrogen-bond donors (Lipinski definition) is 1. The number of carboxylic acid groups (broad SMARTS) is 1. The second-order valence-corrected chi connectivity index (χ2v) is 5.46. The predicted octanol–water partition coefficient (Wildman–Crippen LogP) is 2.81. The van der Waals surface area contributed by atoms with Gasteiger partial charge in [-0.3, -0.25) is 4.79 Å². The second kappa shape index (κ2) is 3.39. The Balaban J connectivity index is 2.28. The molecule has 0 fully saturated rings. The lowest BCUT2D eigenvalue weighted by atomic mass is 9.91. The summed E-state index contributed by atoms with van der Waals surface area (Å²) in [5, 5.41) is 8.83. The van der Waals surface area contributed by atoms with Gasteiger partial charge in [0.2, 0.25) is 0 Å². The second-order valence-electron chi connectivity index (χ2n) is 4.12. The minimum atomic E-state index is -0.682. The monoisotopic (exact) mass is 210 g/mol. The molecule has 2 unspecified atom stereocenters. The van der Waals surface area contributed by atoms with Gasteiger partial charge < -0.3 is 5.11 Å². The Labute approximate surface area is 87.6 Å². The first-order chi connectivity index (χ1) is 6.58. The van der Waals surface area contributed by atoms with Crippen LogP contribution < -0.4 is 0 Å². The SMILES string of the molecule is Cc1cc2c(s1)CC(C)C2CC(=O)O. The summed E-state index contributed by atoms with van der Waals surface area (Å²) in [6.45, 7) is 4.24. The summed E-state index contributed by atoms with van der Waals surface area (Å²) in [6.07, 6.45) is 1.34. The molecule has 1 aromatic rings. The molecule has 1 aromatic heterocycles. The molecule has 0 aromatic carbocycles. The van der Waals surface area contributed by atoms with Crippen LogP contribution in [0.5, 0.6) is 0 Å². The normalized spacial score (nSPS) is 25.0. The molecular weight excluding hydrogens is 196 g/mol. The Morgan fingerprint density at radius 2 is 2.43 bits per heavy atom. The third-order valence-corrected chi connectivity index (χ3v) is 4.04. The minimum absolute atomic E-state index is 0.243. The molecule has 1 aliphatic rings. The largest absolute Gasteiger partial charge is 0.481 e. The molecule has 2 rings (SSSR count). The maximum atomic E-state index is 10.7. The van der Waals surface area contributed by atoms with Gasteiger partial charge in [0.05, 0.1) is 6.42 Å². The molecule has 14 heavy (non-hydrogen) atoms. The predicted molar refractivity (Wildman–Crippen MR) is 56.9 cm³/mol. The average Bonchev–Trinajstić information content (AvgIpc) is 2.51. The van der Waals surface area contributed by atoms with Gasteiger partial charge in [-0.1, -0.05) is 6.92 Å². The number of carboxylic acids is 1. The van der Waals surface area contributed by atoms with Gasteiger partial charge in [0.25, 0.3) is 0 Å². The van der Waals surface area contributed by atoms with Crippen molar-refractivity contribution in [2.45, 2.75) is 32.6 Å². The van der Waals surface area contributed by atoms with Crippen LogP contribution in [-0.4, -0.2) is 11.1 Å².